The van der Waals surface area contributed by atoms with Crippen LogP contribution in [0.1, 0.15) is 84.6 Å². The van der Waals surface area contributed by atoms with E-state index in [0.29, 0.717) is 22.3 Å². The predicted molar refractivity (Wildman–Crippen MR) is 141 cm³/mol. The molecule has 2 heterocycles. The van der Waals surface area contributed by atoms with E-state index in [-0.39, 0.29) is 16.9 Å². The van der Waals surface area contributed by atoms with Crippen LogP contribution in [0.3, 0.4) is 0 Å². The SMILES string of the molecule is CC(C)(C)c1nnc(NC(=O)c2ccc(-c3nc4cc(C(=O)O)ccc4n3C3CCCCC3)cc2)s1. The number of hydrogen-bond donors (Lipinski definition) is 2. The molecule has 1 fully saturated rings. The van der Waals surface area contributed by atoms with Gasteiger partial charge in [-0.2, -0.15) is 0 Å². The van der Waals surface area contributed by atoms with Crippen LogP contribution >= 0.6 is 11.3 Å². The molecule has 0 atom stereocenters. The minimum absolute atomic E-state index is 0.128. The van der Waals surface area contributed by atoms with E-state index in [1.807, 2.05) is 18.2 Å². The summed E-state index contributed by atoms with van der Waals surface area (Å²) >= 11 is 1.38. The molecule has 0 saturated heterocycles. The molecule has 1 amide bonds. The van der Waals surface area contributed by atoms with Crippen LogP contribution in [0, 0.1) is 0 Å². The van der Waals surface area contributed by atoms with Gasteiger partial charge in [0, 0.05) is 22.6 Å². The normalized spacial score (nSPS) is 14.8. The van der Waals surface area contributed by atoms with Gasteiger partial charge in [0.1, 0.15) is 10.8 Å². The Hall–Kier alpha value is -3.59. The van der Waals surface area contributed by atoms with Crippen molar-refractivity contribution in [1.29, 1.82) is 0 Å². The standard InChI is InChI=1S/C27H29N5O3S/c1-27(2,3)25-30-31-26(36-25)29-23(33)17-11-9-16(10-12-17)22-28-20-15-18(24(34)35)13-14-21(20)32(22)19-7-5-4-6-8-19/h9-15,19H,4-8H2,1-3H3,(H,34,35)(H,29,31,33). The number of nitrogens with one attached hydrogen (secondary N) is 1. The van der Waals surface area contributed by atoms with E-state index in [1.54, 1.807) is 24.3 Å². The molecule has 1 aliphatic rings. The number of aromatic carboxylic acids is 1. The molecule has 8 nitrogen and oxygen atoms in total. The maximum absolute atomic E-state index is 12.8. The van der Waals surface area contributed by atoms with Gasteiger partial charge in [-0.05, 0) is 43.2 Å². The molecule has 5 rings (SSSR count). The molecule has 4 aromatic rings. The first-order chi connectivity index (χ1) is 17.2. The second kappa shape index (κ2) is 9.46. The van der Waals surface area contributed by atoms with Crippen molar-refractivity contribution < 1.29 is 14.7 Å². The quantitative estimate of drug-likeness (QED) is 0.330. The Labute approximate surface area is 213 Å². The van der Waals surface area contributed by atoms with Crippen molar-refractivity contribution in [3.05, 3.63) is 58.6 Å². The summed E-state index contributed by atoms with van der Waals surface area (Å²) in [4.78, 5) is 29.2. The lowest BCUT2D eigenvalue weighted by Gasteiger charge is -2.25. The average molecular weight is 504 g/mol. The highest BCUT2D eigenvalue weighted by Crippen LogP contribution is 2.36. The summed E-state index contributed by atoms with van der Waals surface area (Å²) in [6.45, 7) is 6.17. The molecule has 2 aromatic heterocycles. The number of aromatic nitrogens is 4. The molecule has 36 heavy (non-hydrogen) atoms. The molecule has 0 aliphatic heterocycles. The zero-order valence-corrected chi connectivity index (χ0v) is 21.4. The minimum atomic E-state index is -0.967. The van der Waals surface area contributed by atoms with Crippen molar-refractivity contribution in [3.63, 3.8) is 0 Å². The largest absolute Gasteiger partial charge is 0.478 e. The van der Waals surface area contributed by atoms with Gasteiger partial charge in [0.25, 0.3) is 5.91 Å². The number of carbonyl (C=O) groups excluding carboxylic acids is 1. The molecular formula is C27H29N5O3S. The number of amides is 1. The highest BCUT2D eigenvalue weighted by Gasteiger charge is 2.24. The monoisotopic (exact) mass is 503 g/mol. The zero-order valence-electron chi connectivity index (χ0n) is 20.6. The van der Waals surface area contributed by atoms with Crippen LogP contribution in [0.4, 0.5) is 5.13 Å². The van der Waals surface area contributed by atoms with E-state index in [2.05, 4.69) is 40.9 Å². The van der Waals surface area contributed by atoms with E-state index in [1.165, 1.54) is 30.6 Å². The van der Waals surface area contributed by atoms with Gasteiger partial charge in [0.2, 0.25) is 5.13 Å². The Bertz CT molecular complexity index is 1430. The third-order valence-electron chi connectivity index (χ3n) is 6.57. The number of nitrogens with zero attached hydrogens (tertiary/aromatic N) is 4. The molecule has 186 valence electrons. The van der Waals surface area contributed by atoms with Crippen LogP contribution in [-0.4, -0.2) is 36.7 Å². The smallest absolute Gasteiger partial charge is 0.335 e. The fourth-order valence-corrected chi connectivity index (χ4v) is 5.46. The molecular weight excluding hydrogens is 474 g/mol. The van der Waals surface area contributed by atoms with Gasteiger partial charge >= 0.3 is 5.97 Å². The van der Waals surface area contributed by atoms with Gasteiger partial charge in [0.05, 0.1) is 16.6 Å². The lowest BCUT2D eigenvalue weighted by Crippen LogP contribution is -2.14. The Balaban J connectivity index is 1.45. The van der Waals surface area contributed by atoms with E-state index < -0.39 is 5.97 Å². The molecule has 0 radical (unpaired) electrons. The lowest BCUT2D eigenvalue weighted by molar-refractivity contribution is 0.0696. The van der Waals surface area contributed by atoms with E-state index >= 15 is 0 Å². The van der Waals surface area contributed by atoms with Gasteiger partial charge in [-0.3, -0.25) is 10.1 Å². The zero-order chi connectivity index (χ0) is 25.4. The minimum Gasteiger partial charge on any atom is -0.478 e. The van der Waals surface area contributed by atoms with Gasteiger partial charge in [-0.1, -0.05) is 63.5 Å². The van der Waals surface area contributed by atoms with Crippen LogP contribution in [0.2, 0.25) is 0 Å². The summed E-state index contributed by atoms with van der Waals surface area (Å²) in [5.41, 5.74) is 3.10. The molecule has 2 N–H and O–H groups in total. The lowest BCUT2D eigenvalue weighted by atomic mass is 9.94. The highest BCUT2D eigenvalue weighted by atomic mass is 32.1. The van der Waals surface area contributed by atoms with Gasteiger partial charge in [-0.25, -0.2) is 9.78 Å². The first-order valence-electron chi connectivity index (χ1n) is 12.2. The third-order valence-corrected chi connectivity index (χ3v) is 7.83. The number of carboxylic acid groups (broad SMARTS) is 1. The Morgan fingerprint density at radius 1 is 1.00 bits per heavy atom. The van der Waals surface area contributed by atoms with E-state index in [9.17, 15) is 14.7 Å². The molecule has 0 bridgehead atoms. The summed E-state index contributed by atoms with van der Waals surface area (Å²) in [5.74, 6) is -0.415. The second-order valence-electron chi connectivity index (χ2n) is 10.3. The van der Waals surface area contributed by atoms with Crippen molar-refractivity contribution >= 4 is 39.4 Å². The number of benzene rings is 2. The predicted octanol–water partition coefficient (Wildman–Crippen LogP) is 6.31. The molecule has 0 spiro atoms. The van der Waals surface area contributed by atoms with Crippen molar-refractivity contribution in [2.75, 3.05) is 5.32 Å². The van der Waals surface area contributed by atoms with Crippen molar-refractivity contribution in [2.45, 2.75) is 64.3 Å². The van der Waals surface area contributed by atoms with Gasteiger partial charge in [-0.15, -0.1) is 10.2 Å². The van der Waals surface area contributed by atoms with Crippen LogP contribution in [0.15, 0.2) is 42.5 Å². The number of rotatable bonds is 5. The molecule has 2 aromatic carbocycles. The van der Waals surface area contributed by atoms with E-state index in [0.717, 1.165) is 34.8 Å². The Morgan fingerprint density at radius 2 is 1.69 bits per heavy atom. The third kappa shape index (κ3) is 4.75. The molecule has 0 unspecified atom stereocenters. The molecule has 1 aliphatic carbocycles. The number of imidazole rings is 1. The van der Waals surface area contributed by atoms with Crippen LogP contribution < -0.4 is 5.32 Å². The van der Waals surface area contributed by atoms with Gasteiger partial charge < -0.3 is 9.67 Å². The first kappa shape index (κ1) is 24.1. The number of fused-ring (bicyclic) bond motifs is 1. The van der Waals surface area contributed by atoms with Crippen molar-refractivity contribution in [3.8, 4) is 11.4 Å². The van der Waals surface area contributed by atoms with Crippen molar-refractivity contribution in [1.82, 2.24) is 19.7 Å². The molecule has 1 saturated carbocycles. The van der Waals surface area contributed by atoms with Crippen LogP contribution in [0.5, 0.6) is 0 Å². The Kier molecular flexibility index (Phi) is 6.34. The van der Waals surface area contributed by atoms with E-state index in [4.69, 9.17) is 4.98 Å². The summed E-state index contributed by atoms with van der Waals surface area (Å²) in [5, 5.41) is 21.9. The highest BCUT2D eigenvalue weighted by molar-refractivity contribution is 7.15. The van der Waals surface area contributed by atoms with Gasteiger partial charge in [0.15, 0.2) is 0 Å². The van der Waals surface area contributed by atoms with Crippen LogP contribution in [-0.2, 0) is 5.41 Å². The molecule has 9 heteroatoms. The topological polar surface area (TPSA) is 110 Å². The summed E-state index contributed by atoms with van der Waals surface area (Å²) < 4.78 is 2.25. The summed E-state index contributed by atoms with van der Waals surface area (Å²) in [6, 6.07) is 12.8. The fourth-order valence-electron chi connectivity index (χ4n) is 4.66. The average Bonchev–Trinajstić information content (AvgIpc) is 3.49. The van der Waals surface area contributed by atoms with Crippen LogP contribution in [0.25, 0.3) is 22.4 Å². The number of hydrogen-bond acceptors (Lipinski definition) is 6. The fraction of sp³-hybridized carbons (Fsp3) is 0.370. The second-order valence-corrected chi connectivity index (χ2v) is 11.3. The maximum Gasteiger partial charge on any atom is 0.335 e. The summed E-state index contributed by atoms with van der Waals surface area (Å²) in [6.07, 6.45) is 5.70. The first-order valence-corrected chi connectivity index (χ1v) is 13.0. The Morgan fingerprint density at radius 3 is 2.33 bits per heavy atom. The number of anilines is 1. The van der Waals surface area contributed by atoms with Crippen molar-refractivity contribution in [2.24, 2.45) is 0 Å². The maximum atomic E-state index is 12.8. The number of carbonyl (C=O) groups is 2. The summed E-state index contributed by atoms with van der Waals surface area (Å²) in [7, 11) is 0. The number of carboxylic acids is 1.